The van der Waals surface area contributed by atoms with Gasteiger partial charge in [-0.2, -0.15) is 0 Å². The second kappa shape index (κ2) is 14.4. The number of para-hydroxylation sites is 2. The summed E-state index contributed by atoms with van der Waals surface area (Å²) in [5, 5.41) is 7.22. The molecule has 286 valence electrons. The van der Waals surface area contributed by atoms with Gasteiger partial charge in [0.25, 0.3) is 0 Å². The molecule has 0 radical (unpaired) electrons. The number of benzene rings is 10. The lowest BCUT2D eigenvalue weighted by Gasteiger charge is -2.24. The van der Waals surface area contributed by atoms with Gasteiger partial charge in [0.1, 0.15) is 11.2 Å². The summed E-state index contributed by atoms with van der Waals surface area (Å²) in [6.07, 6.45) is 0. The lowest BCUT2D eigenvalue weighted by molar-refractivity contribution is 0.668. The quantitative estimate of drug-likeness (QED) is 0.147. The van der Waals surface area contributed by atoms with Gasteiger partial charge in [0.05, 0.1) is 16.7 Å². The van der Waals surface area contributed by atoms with Crippen LogP contribution in [-0.4, -0.2) is 4.57 Å². The SMILES string of the molecule is c1ccc(-c2ccc(C(c3ccc4c(c3)oc3ccccc34)c3ccccc3-c3ccccc3-c3ccc4c5ccccc5n(-c5cccc6ccccc56)c4c3)cc2)cc1. The number of furan rings is 1. The molecular weight excluding hydrogens is 739 g/mol. The molecule has 12 aromatic rings. The number of rotatable bonds is 7. The van der Waals surface area contributed by atoms with E-state index in [0.29, 0.717) is 0 Å². The first-order valence-corrected chi connectivity index (χ1v) is 21.0. The molecule has 1 unspecified atom stereocenters. The van der Waals surface area contributed by atoms with E-state index in [1.54, 1.807) is 0 Å². The minimum absolute atomic E-state index is 0.0666. The van der Waals surface area contributed by atoms with Gasteiger partial charge in [-0.25, -0.2) is 0 Å². The maximum atomic E-state index is 6.50. The molecule has 12 rings (SSSR count). The Hall–Kier alpha value is -7.94. The summed E-state index contributed by atoms with van der Waals surface area (Å²) < 4.78 is 8.96. The van der Waals surface area contributed by atoms with Crippen LogP contribution < -0.4 is 0 Å². The van der Waals surface area contributed by atoms with Gasteiger partial charge in [-0.1, -0.05) is 200 Å². The molecule has 0 bridgehead atoms. The van der Waals surface area contributed by atoms with Gasteiger partial charge in [0, 0.05) is 32.8 Å². The second-order valence-corrected chi connectivity index (χ2v) is 16.0. The maximum Gasteiger partial charge on any atom is 0.135 e. The first-order valence-electron chi connectivity index (χ1n) is 21.0. The monoisotopic (exact) mass is 777 g/mol. The molecule has 0 spiro atoms. The molecule has 0 amide bonds. The number of hydrogen-bond donors (Lipinski definition) is 0. The van der Waals surface area contributed by atoms with Crippen molar-refractivity contribution in [1.82, 2.24) is 4.57 Å². The predicted octanol–water partition coefficient (Wildman–Crippen LogP) is 16.0. The van der Waals surface area contributed by atoms with Crippen LogP contribution in [0, 0.1) is 0 Å². The van der Waals surface area contributed by atoms with Crippen LogP contribution in [0.25, 0.3) is 93.6 Å². The van der Waals surface area contributed by atoms with Crippen molar-refractivity contribution in [2.75, 3.05) is 0 Å². The van der Waals surface area contributed by atoms with Crippen molar-refractivity contribution < 1.29 is 4.42 Å². The van der Waals surface area contributed by atoms with Crippen molar-refractivity contribution in [3.63, 3.8) is 0 Å². The highest BCUT2D eigenvalue weighted by Crippen LogP contribution is 2.44. The zero-order valence-corrected chi connectivity index (χ0v) is 33.4. The Morgan fingerprint density at radius 2 is 0.918 bits per heavy atom. The predicted molar refractivity (Wildman–Crippen MR) is 256 cm³/mol. The topological polar surface area (TPSA) is 18.1 Å². The molecule has 0 aliphatic heterocycles. The van der Waals surface area contributed by atoms with E-state index in [4.69, 9.17) is 4.42 Å². The highest BCUT2D eigenvalue weighted by atomic mass is 16.3. The third-order valence-electron chi connectivity index (χ3n) is 12.6. The third-order valence-corrected chi connectivity index (χ3v) is 12.6. The van der Waals surface area contributed by atoms with E-state index in [1.807, 2.05) is 6.07 Å². The molecule has 0 N–H and O–H groups in total. The first-order chi connectivity index (χ1) is 30.3. The molecular formula is C59H39NO. The summed E-state index contributed by atoms with van der Waals surface area (Å²) in [5.74, 6) is -0.0666. The van der Waals surface area contributed by atoms with Crippen molar-refractivity contribution in [2.45, 2.75) is 5.92 Å². The summed E-state index contributed by atoms with van der Waals surface area (Å²) >= 11 is 0. The minimum Gasteiger partial charge on any atom is -0.456 e. The van der Waals surface area contributed by atoms with Crippen LogP contribution in [-0.2, 0) is 0 Å². The summed E-state index contributed by atoms with van der Waals surface area (Å²) in [5.41, 5.74) is 16.2. The zero-order valence-electron chi connectivity index (χ0n) is 33.4. The summed E-state index contributed by atoms with van der Waals surface area (Å²) in [6, 6.07) is 83.9. The van der Waals surface area contributed by atoms with Gasteiger partial charge < -0.3 is 8.98 Å². The summed E-state index contributed by atoms with van der Waals surface area (Å²) in [7, 11) is 0. The highest BCUT2D eigenvalue weighted by Gasteiger charge is 2.24. The van der Waals surface area contributed by atoms with Crippen molar-refractivity contribution in [1.29, 1.82) is 0 Å². The van der Waals surface area contributed by atoms with Crippen molar-refractivity contribution in [2.24, 2.45) is 0 Å². The smallest absolute Gasteiger partial charge is 0.135 e. The molecule has 0 aliphatic carbocycles. The van der Waals surface area contributed by atoms with Crippen molar-refractivity contribution in [3.05, 3.63) is 247 Å². The third kappa shape index (κ3) is 5.87. The van der Waals surface area contributed by atoms with Crippen molar-refractivity contribution in [3.8, 4) is 39.1 Å². The molecule has 0 aliphatic rings. The van der Waals surface area contributed by atoms with Crippen LogP contribution >= 0.6 is 0 Å². The second-order valence-electron chi connectivity index (χ2n) is 16.0. The van der Waals surface area contributed by atoms with E-state index in [9.17, 15) is 0 Å². The number of nitrogens with zero attached hydrogens (tertiary/aromatic N) is 1. The van der Waals surface area contributed by atoms with E-state index >= 15 is 0 Å². The van der Waals surface area contributed by atoms with Crippen LogP contribution in [0.3, 0.4) is 0 Å². The lowest BCUT2D eigenvalue weighted by Crippen LogP contribution is -2.06. The minimum atomic E-state index is -0.0666. The van der Waals surface area contributed by atoms with Crippen molar-refractivity contribution >= 4 is 54.5 Å². The maximum absolute atomic E-state index is 6.50. The molecule has 2 nitrogen and oxygen atoms in total. The average molecular weight is 778 g/mol. The van der Waals surface area contributed by atoms with E-state index in [-0.39, 0.29) is 5.92 Å². The van der Waals surface area contributed by atoms with Gasteiger partial charge in [-0.15, -0.1) is 0 Å². The Balaban J connectivity index is 1.05. The Morgan fingerprint density at radius 3 is 1.79 bits per heavy atom. The molecule has 61 heavy (non-hydrogen) atoms. The molecule has 0 fully saturated rings. The van der Waals surface area contributed by atoms with Crippen LogP contribution in [0.1, 0.15) is 22.6 Å². The molecule has 1 atom stereocenters. The van der Waals surface area contributed by atoms with Crippen LogP contribution in [0.2, 0.25) is 0 Å². The van der Waals surface area contributed by atoms with Gasteiger partial charge >= 0.3 is 0 Å². The fourth-order valence-corrected chi connectivity index (χ4v) is 9.74. The van der Waals surface area contributed by atoms with Crippen LogP contribution in [0.5, 0.6) is 0 Å². The standard InChI is InChI=1S/C59H39NO/c1-2-15-39(16-3-1)40-29-31-42(32-30-40)59(44-34-36-52-51-24-11-13-28-57(51)61-58(52)38-44)53-25-9-8-22-48(53)47-21-7-6-19-45(47)43-33-35-50-49-23-10-12-26-55(49)60(56(50)37-43)54-27-14-18-41-17-4-5-20-46(41)54/h1-38,59H. The Labute approximate surface area is 354 Å². The fraction of sp³-hybridized carbons (Fsp3) is 0.0169. The van der Waals surface area contributed by atoms with Crippen LogP contribution in [0.15, 0.2) is 235 Å². The summed E-state index contributed by atoms with van der Waals surface area (Å²) in [6.45, 7) is 0. The van der Waals surface area contributed by atoms with E-state index in [1.165, 1.54) is 88.3 Å². The zero-order chi connectivity index (χ0) is 40.3. The molecule has 10 aromatic carbocycles. The summed E-state index contributed by atoms with van der Waals surface area (Å²) in [4.78, 5) is 0. The van der Waals surface area contributed by atoms with E-state index < -0.39 is 0 Å². The average Bonchev–Trinajstić information content (AvgIpc) is 3.87. The van der Waals surface area contributed by atoms with Crippen LogP contribution in [0.4, 0.5) is 0 Å². The normalized spacial score (nSPS) is 12.2. The fourth-order valence-electron chi connectivity index (χ4n) is 9.74. The molecule has 0 saturated heterocycles. The van der Waals surface area contributed by atoms with Gasteiger partial charge in [0.15, 0.2) is 0 Å². The molecule has 0 saturated carbocycles. The molecule has 2 heteroatoms. The first kappa shape index (κ1) is 35.0. The molecule has 2 aromatic heterocycles. The van der Waals surface area contributed by atoms with E-state index in [0.717, 1.165) is 21.9 Å². The Morgan fingerprint density at radius 1 is 0.328 bits per heavy atom. The Bertz CT molecular complexity index is 3580. The Kier molecular flexibility index (Phi) is 8.28. The number of fused-ring (bicyclic) bond motifs is 7. The lowest BCUT2D eigenvalue weighted by atomic mass is 9.80. The number of hydrogen-bond acceptors (Lipinski definition) is 1. The largest absolute Gasteiger partial charge is 0.456 e. The van der Waals surface area contributed by atoms with E-state index in [2.05, 4.69) is 229 Å². The van der Waals surface area contributed by atoms with Gasteiger partial charge in [-0.05, 0) is 85.8 Å². The highest BCUT2D eigenvalue weighted by molar-refractivity contribution is 6.12. The molecule has 2 heterocycles. The number of aromatic nitrogens is 1. The van der Waals surface area contributed by atoms with Gasteiger partial charge in [-0.3, -0.25) is 0 Å². The van der Waals surface area contributed by atoms with Gasteiger partial charge in [0.2, 0.25) is 0 Å².